The summed E-state index contributed by atoms with van der Waals surface area (Å²) in [5, 5.41) is -0.0677. The maximum absolute atomic E-state index is 13.5. The van der Waals surface area contributed by atoms with E-state index < -0.39 is 5.82 Å². The number of hydrogen-bond donors (Lipinski definition) is 1. The fourth-order valence-corrected chi connectivity index (χ4v) is 1.83. The van der Waals surface area contributed by atoms with Crippen LogP contribution in [0.3, 0.4) is 0 Å². The van der Waals surface area contributed by atoms with Crippen molar-refractivity contribution in [3.05, 3.63) is 41.2 Å². The van der Waals surface area contributed by atoms with Crippen LogP contribution in [0, 0.1) is 5.82 Å². The van der Waals surface area contributed by atoms with Gasteiger partial charge in [0.05, 0.1) is 24.9 Å². The minimum atomic E-state index is -0.621. The molecule has 0 aromatic heterocycles. The van der Waals surface area contributed by atoms with Crippen LogP contribution in [0.4, 0.5) is 10.1 Å². The highest BCUT2D eigenvalue weighted by atomic mass is 35.5. The maximum atomic E-state index is 13.5. The Kier molecular flexibility index (Phi) is 4.20. The van der Waals surface area contributed by atoms with Crippen molar-refractivity contribution in [3.63, 3.8) is 0 Å². The average Bonchev–Trinajstić information content (AvgIpc) is 2.44. The first kappa shape index (κ1) is 14.3. The van der Waals surface area contributed by atoms with E-state index in [0.29, 0.717) is 17.2 Å². The molecule has 0 saturated carbocycles. The zero-order chi connectivity index (χ0) is 14.7. The van der Waals surface area contributed by atoms with Crippen LogP contribution in [0.5, 0.6) is 23.0 Å². The summed E-state index contributed by atoms with van der Waals surface area (Å²) >= 11 is 5.65. The molecule has 4 nitrogen and oxygen atoms in total. The number of hydrogen-bond acceptors (Lipinski definition) is 4. The number of ether oxygens (including phenoxy) is 3. The average molecular weight is 298 g/mol. The predicted octanol–water partition coefficient (Wildman–Crippen LogP) is 3.87. The summed E-state index contributed by atoms with van der Waals surface area (Å²) in [4.78, 5) is 0. The highest BCUT2D eigenvalue weighted by molar-refractivity contribution is 6.31. The molecule has 0 bridgehead atoms. The van der Waals surface area contributed by atoms with Gasteiger partial charge in [0.25, 0.3) is 0 Å². The first-order valence-corrected chi connectivity index (χ1v) is 6.08. The zero-order valence-corrected chi connectivity index (χ0v) is 11.7. The molecule has 0 amide bonds. The molecule has 0 spiro atoms. The Hall–Kier alpha value is -2.14. The van der Waals surface area contributed by atoms with Gasteiger partial charge in [-0.3, -0.25) is 0 Å². The largest absolute Gasteiger partial charge is 0.493 e. The molecule has 2 aromatic rings. The van der Waals surface area contributed by atoms with Gasteiger partial charge in [0.1, 0.15) is 5.82 Å². The number of anilines is 1. The second-order valence-electron chi connectivity index (χ2n) is 3.90. The van der Waals surface area contributed by atoms with Crippen LogP contribution in [0.15, 0.2) is 30.3 Å². The summed E-state index contributed by atoms with van der Waals surface area (Å²) in [6.45, 7) is 0. The summed E-state index contributed by atoms with van der Waals surface area (Å²) in [6.07, 6.45) is 0. The van der Waals surface area contributed by atoms with E-state index in [1.54, 1.807) is 18.2 Å². The lowest BCUT2D eigenvalue weighted by Gasteiger charge is -2.15. The fourth-order valence-electron chi connectivity index (χ4n) is 1.66. The predicted molar refractivity (Wildman–Crippen MR) is 75.4 cm³/mol. The highest BCUT2D eigenvalue weighted by Gasteiger charge is 2.15. The summed E-state index contributed by atoms with van der Waals surface area (Å²) in [5.74, 6) is 0.712. The third kappa shape index (κ3) is 2.72. The van der Waals surface area contributed by atoms with Crippen molar-refractivity contribution in [2.24, 2.45) is 0 Å². The number of methoxy groups -OCH3 is 2. The minimum absolute atomic E-state index is 0.0677. The van der Waals surface area contributed by atoms with Gasteiger partial charge in [-0.25, -0.2) is 4.39 Å². The molecule has 0 saturated heterocycles. The molecule has 0 unspecified atom stereocenters. The topological polar surface area (TPSA) is 53.7 Å². The molecule has 106 valence electrons. The molecular weight excluding hydrogens is 285 g/mol. The summed E-state index contributed by atoms with van der Waals surface area (Å²) in [6, 6.07) is 7.54. The Labute approximate surface area is 120 Å². The molecule has 2 rings (SSSR count). The Morgan fingerprint density at radius 2 is 1.65 bits per heavy atom. The number of halogens is 2. The van der Waals surface area contributed by atoms with Crippen molar-refractivity contribution in [1.82, 2.24) is 0 Å². The van der Waals surface area contributed by atoms with Crippen molar-refractivity contribution in [1.29, 1.82) is 0 Å². The second kappa shape index (κ2) is 5.88. The molecule has 0 heterocycles. The molecule has 0 radical (unpaired) electrons. The normalized spacial score (nSPS) is 10.2. The molecule has 0 aliphatic heterocycles. The Bertz CT molecular complexity index is 612. The van der Waals surface area contributed by atoms with E-state index in [-0.39, 0.29) is 16.5 Å². The van der Waals surface area contributed by atoms with E-state index in [1.165, 1.54) is 20.3 Å². The minimum Gasteiger partial charge on any atom is -0.493 e. The van der Waals surface area contributed by atoms with Crippen LogP contribution < -0.4 is 19.9 Å². The third-order valence-corrected chi connectivity index (χ3v) is 2.94. The van der Waals surface area contributed by atoms with Gasteiger partial charge in [-0.15, -0.1) is 0 Å². The molecule has 20 heavy (non-hydrogen) atoms. The molecule has 0 aliphatic carbocycles. The van der Waals surface area contributed by atoms with Gasteiger partial charge in [0.2, 0.25) is 5.75 Å². The van der Waals surface area contributed by atoms with Crippen LogP contribution in [0.25, 0.3) is 0 Å². The van der Waals surface area contributed by atoms with Crippen LogP contribution in [0.1, 0.15) is 0 Å². The van der Waals surface area contributed by atoms with Gasteiger partial charge in [-0.2, -0.15) is 0 Å². The Balaban J connectivity index is 2.47. The van der Waals surface area contributed by atoms with E-state index in [4.69, 9.17) is 31.5 Å². The van der Waals surface area contributed by atoms with E-state index in [9.17, 15) is 4.39 Å². The lowest BCUT2D eigenvalue weighted by Crippen LogP contribution is -1.98. The van der Waals surface area contributed by atoms with Crippen molar-refractivity contribution >= 4 is 17.3 Å². The molecule has 0 aliphatic rings. The highest BCUT2D eigenvalue weighted by Crippen LogP contribution is 2.42. The fraction of sp³-hybridized carbons (Fsp3) is 0.143. The van der Waals surface area contributed by atoms with Crippen molar-refractivity contribution in [2.45, 2.75) is 0 Å². The number of rotatable bonds is 4. The van der Waals surface area contributed by atoms with Gasteiger partial charge in [-0.1, -0.05) is 17.7 Å². The molecule has 0 atom stereocenters. The monoisotopic (exact) mass is 297 g/mol. The van der Waals surface area contributed by atoms with E-state index >= 15 is 0 Å². The maximum Gasteiger partial charge on any atom is 0.211 e. The number of para-hydroxylation sites is 1. The van der Waals surface area contributed by atoms with Crippen LogP contribution in [-0.2, 0) is 0 Å². The molecule has 0 fully saturated rings. The molecule has 2 N–H and O–H groups in total. The lowest BCUT2D eigenvalue weighted by atomic mass is 10.2. The van der Waals surface area contributed by atoms with Gasteiger partial charge in [0, 0.05) is 6.07 Å². The van der Waals surface area contributed by atoms with Crippen LogP contribution >= 0.6 is 11.6 Å². The SMILES string of the molecule is COc1cccc(OC)c1Oc1cc(F)c(Cl)cc1N. The smallest absolute Gasteiger partial charge is 0.211 e. The van der Waals surface area contributed by atoms with E-state index in [1.807, 2.05) is 0 Å². The molecule has 6 heteroatoms. The van der Waals surface area contributed by atoms with Gasteiger partial charge in [-0.05, 0) is 18.2 Å². The lowest BCUT2D eigenvalue weighted by molar-refractivity contribution is 0.346. The Morgan fingerprint density at radius 1 is 1.05 bits per heavy atom. The van der Waals surface area contributed by atoms with Crippen LogP contribution in [0.2, 0.25) is 5.02 Å². The standard InChI is InChI=1S/C14H13ClFNO3/c1-18-11-4-3-5-12(19-2)14(11)20-13-7-9(16)8(15)6-10(13)17/h3-7H,17H2,1-2H3. The van der Waals surface area contributed by atoms with E-state index in [2.05, 4.69) is 0 Å². The first-order valence-electron chi connectivity index (χ1n) is 5.70. The third-order valence-electron chi connectivity index (χ3n) is 2.65. The van der Waals surface area contributed by atoms with Gasteiger partial charge < -0.3 is 19.9 Å². The van der Waals surface area contributed by atoms with E-state index in [0.717, 1.165) is 6.07 Å². The zero-order valence-electron chi connectivity index (χ0n) is 10.9. The van der Waals surface area contributed by atoms with Gasteiger partial charge >= 0.3 is 0 Å². The quantitative estimate of drug-likeness (QED) is 0.870. The number of nitrogen functional groups attached to an aromatic ring is 1. The van der Waals surface area contributed by atoms with Crippen LogP contribution in [-0.4, -0.2) is 14.2 Å². The molecule has 2 aromatic carbocycles. The number of benzene rings is 2. The first-order chi connectivity index (χ1) is 9.56. The van der Waals surface area contributed by atoms with Crippen molar-refractivity contribution in [3.8, 4) is 23.0 Å². The van der Waals surface area contributed by atoms with Crippen molar-refractivity contribution < 1.29 is 18.6 Å². The number of nitrogens with two attached hydrogens (primary N) is 1. The molecular formula is C14H13ClFNO3. The van der Waals surface area contributed by atoms with Gasteiger partial charge in [0.15, 0.2) is 17.2 Å². The summed E-state index contributed by atoms with van der Waals surface area (Å²) in [5.41, 5.74) is 5.98. The summed E-state index contributed by atoms with van der Waals surface area (Å²) < 4.78 is 29.5. The Morgan fingerprint density at radius 3 is 2.20 bits per heavy atom. The van der Waals surface area contributed by atoms with Crippen molar-refractivity contribution in [2.75, 3.05) is 20.0 Å². The second-order valence-corrected chi connectivity index (χ2v) is 4.31. The summed E-state index contributed by atoms with van der Waals surface area (Å²) in [7, 11) is 2.99.